The summed E-state index contributed by atoms with van der Waals surface area (Å²) in [7, 11) is 3.83. The first-order valence-electron chi connectivity index (χ1n) is 6.82. The number of ether oxygens (including phenoxy) is 1. The predicted octanol–water partition coefficient (Wildman–Crippen LogP) is 2.55. The van der Waals surface area contributed by atoms with Crippen molar-refractivity contribution in [1.29, 1.82) is 0 Å². The van der Waals surface area contributed by atoms with Crippen molar-refractivity contribution in [1.82, 2.24) is 10.2 Å². The largest absolute Gasteiger partial charge is 0.465 e. The number of methoxy groups -OCH3 is 1. The van der Waals surface area contributed by atoms with Crippen molar-refractivity contribution in [2.24, 2.45) is 0 Å². The summed E-state index contributed by atoms with van der Waals surface area (Å²) in [5.41, 5.74) is 1.36. The molecule has 0 aliphatic carbocycles. The molecule has 0 saturated heterocycles. The monoisotopic (exact) mass is 268 g/mol. The minimum Gasteiger partial charge on any atom is -0.465 e. The maximum absolute atomic E-state index is 5.79. The Morgan fingerprint density at radius 1 is 1.37 bits per heavy atom. The predicted molar refractivity (Wildman–Crippen MR) is 78.2 cm³/mol. The fourth-order valence-electron chi connectivity index (χ4n) is 1.80. The molecule has 0 radical (unpaired) electrons. The Labute approximate surface area is 117 Å². The normalized spacial score (nSPS) is 12.4. The zero-order valence-electron chi connectivity index (χ0n) is 13.2. The van der Waals surface area contributed by atoms with Gasteiger partial charge in [-0.15, -0.1) is 0 Å². The zero-order chi connectivity index (χ0) is 14.5. The number of nitrogens with zero attached hydrogens (tertiary/aromatic N) is 1. The lowest BCUT2D eigenvalue weighted by molar-refractivity contribution is 0.158. The van der Waals surface area contributed by atoms with Gasteiger partial charge < -0.3 is 14.5 Å². The topological polar surface area (TPSA) is 37.6 Å². The molecule has 1 heterocycles. The first-order chi connectivity index (χ1) is 8.81. The lowest BCUT2D eigenvalue weighted by Crippen LogP contribution is -2.34. The van der Waals surface area contributed by atoms with Gasteiger partial charge in [0.1, 0.15) is 11.5 Å². The van der Waals surface area contributed by atoms with Gasteiger partial charge in [0.2, 0.25) is 0 Å². The van der Waals surface area contributed by atoms with Crippen molar-refractivity contribution in [2.75, 3.05) is 27.3 Å². The summed E-state index contributed by atoms with van der Waals surface area (Å²) in [5.74, 6) is 2.01. The van der Waals surface area contributed by atoms with Crippen molar-refractivity contribution in [3.8, 4) is 0 Å². The van der Waals surface area contributed by atoms with Gasteiger partial charge in [-0.25, -0.2) is 0 Å². The summed E-state index contributed by atoms with van der Waals surface area (Å²) in [6.45, 7) is 11.8. The smallest absolute Gasteiger partial charge is 0.118 e. The molecule has 0 fully saturated rings. The van der Waals surface area contributed by atoms with Gasteiger partial charge in [-0.1, -0.05) is 0 Å². The molecule has 0 aliphatic rings. The van der Waals surface area contributed by atoms with Gasteiger partial charge in [0, 0.05) is 31.3 Å². The highest BCUT2D eigenvalue weighted by Gasteiger charge is 2.13. The van der Waals surface area contributed by atoms with E-state index in [9.17, 15) is 0 Å². The Balaban J connectivity index is 2.54. The van der Waals surface area contributed by atoms with Gasteiger partial charge in [-0.2, -0.15) is 0 Å². The molecule has 0 saturated carbocycles. The molecule has 1 N–H and O–H groups in total. The van der Waals surface area contributed by atoms with Crippen LogP contribution in [0.5, 0.6) is 0 Å². The van der Waals surface area contributed by atoms with Crippen LogP contribution in [0.2, 0.25) is 0 Å². The fraction of sp³-hybridized carbons (Fsp3) is 0.733. The second kappa shape index (κ2) is 7.08. The number of rotatable bonds is 7. The van der Waals surface area contributed by atoms with E-state index in [1.807, 2.05) is 6.92 Å². The summed E-state index contributed by atoms with van der Waals surface area (Å²) >= 11 is 0. The van der Waals surface area contributed by atoms with Crippen molar-refractivity contribution >= 4 is 0 Å². The summed E-state index contributed by atoms with van der Waals surface area (Å²) in [5, 5.41) is 3.44. The number of furan rings is 1. The average Bonchev–Trinajstić information content (AvgIpc) is 2.64. The Morgan fingerprint density at radius 2 is 2.05 bits per heavy atom. The van der Waals surface area contributed by atoms with E-state index in [0.717, 1.165) is 37.8 Å². The maximum Gasteiger partial charge on any atom is 0.118 e. The third-order valence-electron chi connectivity index (χ3n) is 2.98. The summed E-state index contributed by atoms with van der Waals surface area (Å²) in [6.07, 6.45) is 0. The standard InChI is InChI=1S/C15H28N2O2/c1-12-13(11-17(5)7-8-18-6)9-14(19-12)10-16-15(2,3)4/h9,16H,7-8,10-11H2,1-6H3. The Kier molecular flexibility index (Phi) is 6.04. The highest BCUT2D eigenvalue weighted by molar-refractivity contribution is 5.20. The number of aryl methyl sites for hydroxylation is 1. The Morgan fingerprint density at radius 3 is 2.63 bits per heavy atom. The number of hydrogen-bond acceptors (Lipinski definition) is 4. The lowest BCUT2D eigenvalue weighted by atomic mass is 10.1. The van der Waals surface area contributed by atoms with Crippen LogP contribution in [0.1, 0.15) is 37.9 Å². The van der Waals surface area contributed by atoms with E-state index in [4.69, 9.17) is 9.15 Å². The number of likely N-dealkylation sites (N-methyl/N-ethyl adjacent to an activating group) is 1. The average molecular weight is 268 g/mol. The van der Waals surface area contributed by atoms with Crippen LogP contribution in [0.4, 0.5) is 0 Å². The summed E-state index contributed by atoms with van der Waals surface area (Å²) in [6, 6.07) is 2.15. The molecule has 0 aromatic carbocycles. The Hall–Kier alpha value is -0.840. The van der Waals surface area contributed by atoms with E-state index in [2.05, 4.69) is 44.1 Å². The van der Waals surface area contributed by atoms with E-state index < -0.39 is 0 Å². The molecule has 4 nitrogen and oxygen atoms in total. The van der Waals surface area contributed by atoms with Crippen molar-refractivity contribution in [3.63, 3.8) is 0 Å². The molecule has 19 heavy (non-hydrogen) atoms. The highest BCUT2D eigenvalue weighted by Crippen LogP contribution is 2.17. The van der Waals surface area contributed by atoms with E-state index >= 15 is 0 Å². The first kappa shape index (κ1) is 16.2. The minimum atomic E-state index is 0.107. The summed E-state index contributed by atoms with van der Waals surface area (Å²) < 4.78 is 10.9. The zero-order valence-corrected chi connectivity index (χ0v) is 13.2. The van der Waals surface area contributed by atoms with Crippen molar-refractivity contribution in [3.05, 3.63) is 23.2 Å². The van der Waals surface area contributed by atoms with E-state index in [0.29, 0.717) is 0 Å². The molecule has 0 unspecified atom stereocenters. The van der Waals surface area contributed by atoms with Gasteiger partial charge in [-0.3, -0.25) is 4.90 Å². The second-order valence-corrected chi connectivity index (χ2v) is 6.13. The minimum absolute atomic E-state index is 0.107. The molecule has 110 valence electrons. The molecule has 0 atom stereocenters. The van der Waals surface area contributed by atoms with Crippen LogP contribution < -0.4 is 5.32 Å². The van der Waals surface area contributed by atoms with Gasteiger partial charge in [0.25, 0.3) is 0 Å². The van der Waals surface area contributed by atoms with Crippen LogP contribution in [0, 0.1) is 6.92 Å². The number of hydrogen-bond donors (Lipinski definition) is 1. The molecule has 1 rings (SSSR count). The molecular weight excluding hydrogens is 240 g/mol. The third-order valence-corrected chi connectivity index (χ3v) is 2.98. The van der Waals surface area contributed by atoms with Crippen LogP contribution in [-0.2, 0) is 17.8 Å². The molecule has 4 heteroatoms. The van der Waals surface area contributed by atoms with Crippen LogP contribution in [0.25, 0.3) is 0 Å². The molecule has 0 spiro atoms. The molecule has 0 amide bonds. The maximum atomic E-state index is 5.79. The molecular formula is C15H28N2O2. The number of nitrogens with one attached hydrogen (secondary N) is 1. The molecule has 0 aliphatic heterocycles. The van der Waals surface area contributed by atoms with E-state index in [1.54, 1.807) is 7.11 Å². The quantitative estimate of drug-likeness (QED) is 0.824. The third kappa shape index (κ3) is 6.23. The van der Waals surface area contributed by atoms with Gasteiger partial charge in [0.05, 0.1) is 13.2 Å². The van der Waals surface area contributed by atoms with Gasteiger partial charge >= 0.3 is 0 Å². The lowest BCUT2D eigenvalue weighted by Gasteiger charge is -2.19. The Bertz CT molecular complexity index is 380. The van der Waals surface area contributed by atoms with Crippen LogP contribution >= 0.6 is 0 Å². The van der Waals surface area contributed by atoms with Gasteiger partial charge in [-0.05, 0) is 40.8 Å². The van der Waals surface area contributed by atoms with Crippen LogP contribution in [0.3, 0.4) is 0 Å². The van der Waals surface area contributed by atoms with Gasteiger partial charge in [0.15, 0.2) is 0 Å². The first-order valence-corrected chi connectivity index (χ1v) is 6.82. The van der Waals surface area contributed by atoms with Crippen molar-refractivity contribution < 1.29 is 9.15 Å². The van der Waals surface area contributed by atoms with Crippen LogP contribution in [-0.4, -0.2) is 37.7 Å². The summed E-state index contributed by atoms with van der Waals surface area (Å²) in [4.78, 5) is 2.24. The SMILES string of the molecule is COCCN(C)Cc1cc(CNC(C)(C)C)oc1C. The van der Waals surface area contributed by atoms with Crippen LogP contribution in [0.15, 0.2) is 10.5 Å². The highest BCUT2D eigenvalue weighted by atomic mass is 16.5. The molecule has 0 bridgehead atoms. The second-order valence-electron chi connectivity index (χ2n) is 6.13. The van der Waals surface area contributed by atoms with E-state index in [1.165, 1.54) is 5.56 Å². The fourth-order valence-corrected chi connectivity index (χ4v) is 1.80. The van der Waals surface area contributed by atoms with E-state index in [-0.39, 0.29) is 5.54 Å². The molecule has 1 aromatic rings. The van der Waals surface area contributed by atoms with Crippen molar-refractivity contribution in [2.45, 2.75) is 46.3 Å². The molecule has 1 aromatic heterocycles.